The molecule has 0 saturated carbocycles. The van der Waals surface area contributed by atoms with Crippen LogP contribution in [0.4, 0.5) is 11.5 Å². The Kier molecular flexibility index (Phi) is 4.53. The first kappa shape index (κ1) is 14.3. The van der Waals surface area contributed by atoms with E-state index < -0.39 is 4.92 Å². The van der Waals surface area contributed by atoms with Crippen LogP contribution in [0.1, 0.15) is 24.9 Å². The zero-order valence-corrected chi connectivity index (χ0v) is 11.7. The SMILES string of the molecule is CC[C@H](Nc1ccc([N+](=O)[O-])cn1)c1ccc(Cl)cc1. The van der Waals surface area contributed by atoms with Crippen LogP contribution in [0.3, 0.4) is 0 Å². The summed E-state index contributed by atoms with van der Waals surface area (Å²) in [6, 6.07) is 10.7. The lowest BCUT2D eigenvalue weighted by atomic mass is 10.0. The second-order valence-electron chi connectivity index (χ2n) is 4.32. The second kappa shape index (κ2) is 6.34. The van der Waals surface area contributed by atoms with Crippen molar-refractivity contribution in [3.8, 4) is 0 Å². The first-order chi connectivity index (χ1) is 9.60. The summed E-state index contributed by atoms with van der Waals surface area (Å²) in [6.45, 7) is 2.05. The van der Waals surface area contributed by atoms with Crippen molar-refractivity contribution in [1.29, 1.82) is 0 Å². The summed E-state index contributed by atoms with van der Waals surface area (Å²) in [4.78, 5) is 14.2. The molecule has 104 valence electrons. The number of benzene rings is 1. The van der Waals surface area contributed by atoms with Crippen LogP contribution < -0.4 is 5.32 Å². The molecule has 0 fully saturated rings. The van der Waals surface area contributed by atoms with Gasteiger partial charge in [-0.2, -0.15) is 0 Å². The van der Waals surface area contributed by atoms with Gasteiger partial charge in [-0.3, -0.25) is 10.1 Å². The highest BCUT2D eigenvalue weighted by Gasteiger charge is 2.11. The van der Waals surface area contributed by atoms with Crippen molar-refractivity contribution in [2.24, 2.45) is 0 Å². The van der Waals surface area contributed by atoms with Gasteiger partial charge in [0.15, 0.2) is 0 Å². The summed E-state index contributed by atoms with van der Waals surface area (Å²) in [6.07, 6.45) is 2.11. The Labute approximate surface area is 121 Å². The Morgan fingerprint density at radius 2 is 2.00 bits per heavy atom. The number of nitro groups is 1. The number of hydrogen-bond donors (Lipinski definition) is 1. The van der Waals surface area contributed by atoms with E-state index >= 15 is 0 Å². The van der Waals surface area contributed by atoms with Crippen molar-refractivity contribution >= 4 is 23.1 Å². The van der Waals surface area contributed by atoms with E-state index in [1.807, 2.05) is 24.3 Å². The molecule has 1 N–H and O–H groups in total. The van der Waals surface area contributed by atoms with Gasteiger partial charge < -0.3 is 5.32 Å². The highest BCUT2D eigenvalue weighted by molar-refractivity contribution is 6.30. The molecule has 5 nitrogen and oxygen atoms in total. The summed E-state index contributed by atoms with van der Waals surface area (Å²) >= 11 is 5.87. The summed E-state index contributed by atoms with van der Waals surface area (Å²) < 4.78 is 0. The maximum Gasteiger partial charge on any atom is 0.287 e. The fourth-order valence-corrected chi connectivity index (χ4v) is 2.00. The third-order valence-electron chi connectivity index (χ3n) is 2.96. The van der Waals surface area contributed by atoms with E-state index in [0.717, 1.165) is 12.0 Å². The average Bonchev–Trinajstić information content (AvgIpc) is 2.46. The van der Waals surface area contributed by atoms with Crippen molar-refractivity contribution in [3.63, 3.8) is 0 Å². The third-order valence-corrected chi connectivity index (χ3v) is 3.21. The number of hydrogen-bond acceptors (Lipinski definition) is 4. The first-order valence-corrected chi connectivity index (χ1v) is 6.60. The molecule has 0 saturated heterocycles. The predicted molar refractivity (Wildman–Crippen MR) is 79.0 cm³/mol. The molecule has 6 heteroatoms. The van der Waals surface area contributed by atoms with Crippen LogP contribution in [0.15, 0.2) is 42.6 Å². The largest absolute Gasteiger partial charge is 0.363 e. The molecule has 0 aliphatic rings. The molecule has 0 bridgehead atoms. The second-order valence-corrected chi connectivity index (χ2v) is 4.75. The van der Waals surface area contributed by atoms with Crippen molar-refractivity contribution < 1.29 is 4.92 Å². The summed E-state index contributed by atoms with van der Waals surface area (Å²) in [5.74, 6) is 0.609. The Balaban J connectivity index is 2.13. The number of halogens is 1. The Hall–Kier alpha value is -2.14. The zero-order valence-electron chi connectivity index (χ0n) is 10.9. The van der Waals surface area contributed by atoms with E-state index in [4.69, 9.17) is 11.6 Å². The minimum absolute atomic E-state index is 0.0184. The van der Waals surface area contributed by atoms with Gasteiger partial charge in [-0.15, -0.1) is 0 Å². The fourth-order valence-electron chi connectivity index (χ4n) is 1.87. The minimum atomic E-state index is -0.465. The van der Waals surface area contributed by atoms with E-state index in [0.29, 0.717) is 10.8 Å². The molecule has 1 aromatic heterocycles. The van der Waals surface area contributed by atoms with Crippen LogP contribution in [0, 0.1) is 10.1 Å². The molecule has 0 amide bonds. The van der Waals surface area contributed by atoms with E-state index in [2.05, 4.69) is 17.2 Å². The van der Waals surface area contributed by atoms with Crippen LogP contribution in [0.5, 0.6) is 0 Å². The zero-order chi connectivity index (χ0) is 14.5. The van der Waals surface area contributed by atoms with Crippen molar-refractivity contribution in [1.82, 2.24) is 4.98 Å². The summed E-state index contributed by atoms with van der Waals surface area (Å²) in [5.41, 5.74) is 1.08. The number of nitrogens with one attached hydrogen (secondary N) is 1. The fraction of sp³-hybridized carbons (Fsp3) is 0.214. The van der Waals surface area contributed by atoms with Crippen LogP contribution in [0.2, 0.25) is 5.02 Å². The topological polar surface area (TPSA) is 68.1 Å². The van der Waals surface area contributed by atoms with Gasteiger partial charge in [0.25, 0.3) is 5.69 Å². The molecule has 2 aromatic rings. The van der Waals surface area contributed by atoms with Crippen LogP contribution in [0.25, 0.3) is 0 Å². The van der Waals surface area contributed by atoms with Gasteiger partial charge in [0.2, 0.25) is 0 Å². The first-order valence-electron chi connectivity index (χ1n) is 6.22. The number of pyridine rings is 1. The maximum atomic E-state index is 10.6. The number of aromatic nitrogens is 1. The summed E-state index contributed by atoms with van der Waals surface area (Å²) in [5, 5.41) is 14.5. The van der Waals surface area contributed by atoms with E-state index in [1.54, 1.807) is 6.07 Å². The molecule has 0 aliphatic heterocycles. The molecule has 2 rings (SSSR count). The molecule has 0 aliphatic carbocycles. The Bertz CT molecular complexity index is 584. The normalized spacial score (nSPS) is 11.9. The van der Waals surface area contributed by atoms with Gasteiger partial charge in [0.05, 0.1) is 11.0 Å². The van der Waals surface area contributed by atoms with Crippen LogP contribution in [-0.2, 0) is 0 Å². The number of rotatable bonds is 5. The lowest BCUT2D eigenvalue weighted by molar-refractivity contribution is -0.385. The highest BCUT2D eigenvalue weighted by Crippen LogP contribution is 2.23. The predicted octanol–water partition coefficient (Wildman–Crippen LogP) is 4.21. The van der Waals surface area contributed by atoms with E-state index in [1.165, 1.54) is 12.3 Å². The van der Waals surface area contributed by atoms with Gasteiger partial charge in [-0.25, -0.2) is 4.98 Å². The van der Waals surface area contributed by atoms with Gasteiger partial charge in [0.1, 0.15) is 12.0 Å². The average molecular weight is 292 g/mol. The molecule has 1 heterocycles. The van der Waals surface area contributed by atoms with Crippen molar-refractivity contribution in [3.05, 3.63) is 63.3 Å². The lowest BCUT2D eigenvalue weighted by Gasteiger charge is -2.18. The van der Waals surface area contributed by atoms with E-state index in [-0.39, 0.29) is 11.7 Å². The van der Waals surface area contributed by atoms with Gasteiger partial charge >= 0.3 is 0 Å². The molecular weight excluding hydrogens is 278 g/mol. The minimum Gasteiger partial charge on any atom is -0.363 e. The summed E-state index contributed by atoms with van der Waals surface area (Å²) in [7, 11) is 0. The standard InChI is InChI=1S/C14H14ClN3O2/c1-2-13(10-3-5-11(15)6-4-10)17-14-8-7-12(9-16-14)18(19)20/h3-9,13H,2H2,1H3,(H,16,17)/t13-/m0/s1. The molecule has 1 atom stereocenters. The van der Waals surface area contributed by atoms with E-state index in [9.17, 15) is 10.1 Å². The molecule has 20 heavy (non-hydrogen) atoms. The molecule has 0 unspecified atom stereocenters. The molecule has 1 aromatic carbocycles. The van der Waals surface area contributed by atoms with Gasteiger partial charge in [-0.05, 0) is 30.2 Å². The molecular formula is C14H14ClN3O2. The highest BCUT2D eigenvalue weighted by atomic mass is 35.5. The lowest BCUT2D eigenvalue weighted by Crippen LogP contribution is -2.10. The molecule has 0 radical (unpaired) electrons. The van der Waals surface area contributed by atoms with Crippen LogP contribution >= 0.6 is 11.6 Å². The molecule has 0 spiro atoms. The smallest absolute Gasteiger partial charge is 0.287 e. The Morgan fingerprint density at radius 3 is 2.50 bits per heavy atom. The van der Waals surface area contributed by atoms with Gasteiger partial charge in [-0.1, -0.05) is 30.7 Å². The van der Waals surface area contributed by atoms with Crippen LogP contribution in [-0.4, -0.2) is 9.91 Å². The number of nitrogens with zero attached hydrogens (tertiary/aromatic N) is 2. The van der Waals surface area contributed by atoms with Crippen molar-refractivity contribution in [2.45, 2.75) is 19.4 Å². The quantitative estimate of drug-likeness (QED) is 0.662. The maximum absolute atomic E-state index is 10.6. The third kappa shape index (κ3) is 3.45. The van der Waals surface area contributed by atoms with Crippen molar-refractivity contribution in [2.75, 3.05) is 5.32 Å². The van der Waals surface area contributed by atoms with Gasteiger partial charge in [0, 0.05) is 11.1 Å². The number of anilines is 1. The monoisotopic (exact) mass is 291 g/mol. The Morgan fingerprint density at radius 1 is 1.30 bits per heavy atom.